The van der Waals surface area contributed by atoms with Crippen LogP contribution in [0.5, 0.6) is 0 Å². The maximum absolute atomic E-state index is 13.7. The first-order valence-corrected chi connectivity index (χ1v) is 13.1. The van der Waals surface area contributed by atoms with Gasteiger partial charge in [-0.05, 0) is 46.9 Å². The minimum atomic E-state index is -0.682. The van der Waals surface area contributed by atoms with Crippen LogP contribution in [0.3, 0.4) is 0 Å². The average molecular weight is 576 g/mol. The Morgan fingerprint density at radius 1 is 0.943 bits per heavy atom. The van der Waals surface area contributed by atoms with Crippen molar-refractivity contribution < 1.29 is 9.59 Å². The molecule has 0 saturated heterocycles. The van der Waals surface area contributed by atoms with Crippen molar-refractivity contribution in [2.45, 2.75) is 39.3 Å². The Balaban J connectivity index is 1.96. The van der Waals surface area contributed by atoms with Crippen LogP contribution >= 0.6 is 39.1 Å². The molecule has 4 nitrogen and oxygen atoms in total. The van der Waals surface area contributed by atoms with Crippen LogP contribution in [-0.2, 0) is 29.0 Å². The summed E-state index contributed by atoms with van der Waals surface area (Å²) in [5, 5.41) is 3.97. The van der Waals surface area contributed by atoms with Gasteiger partial charge in [-0.25, -0.2) is 0 Å². The largest absolute Gasteiger partial charge is 0.354 e. The van der Waals surface area contributed by atoms with Gasteiger partial charge in [-0.2, -0.15) is 0 Å². The van der Waals surface area contributed by atoms with E-state index < -0.39 is 6.04 Å². The molecule has 0 bridgehead atoms. The minimum Gasteiger partial charge on any atom is -0.354 e. The van der Waals surface area contributed by atoms with E-state index in [4.69, 9.17) is 23.2 Å². The second-order valence-corrected chi connectivity index (χ2v) is 10.7. The van der Waals surface area contributed by atoms with Crippen LogP contribution in [0, 0.1) is 5.92 Å². The molecule has 0 spiro atoms. The lowest BCUT2D eigenvalue weighted by Gasteiger charge is -2.32. The SMILES string of the molecule is CC(C)CNC(=O)[C@@H](Cc1ccccc1)N(Cc1ccc(Br)cc1)C(=O)Cc1ccc(Cl)cc1Cl. The molecule has 0 unspecified atom stereocenters. The summed E-state index contributed by atoms with van der Waals surface area (Å²) in [6, 6.07) is 21.9. The zero-order valence-electron chi connectivity index (χ0n) is 19.8. The van der Waals surface area contributed by atoms with Gasteiger partial charge < -0.3 is 10.2 Å². The number of hydrogen-bond acceptors (Lipinski definition) is 2. The van der Waals surface area contributed by atoms with Crippen molar-refractivity contribution in [2.24, 2.45) is 5.92 Å². The average Bonchev–Trinajstić information content (AvgIpc) is 2.83. The first-order chi connectivity index (χ1) is 16.7. The summed E-state index contributed by atoms with van der Waals surface area (Å²) in [6.07, 6.45) is 0.469. The standard InChI is InChI=1S/C28H29BrCl2N2O2/c1-19(2)17-32-28(35)26(14-20-6-4-3-5-7-20)33(18-21-8-11-23(29)12-9-21)27(34)15-22-10-13-24(30)16-25(22)31/h3-13,16,19,26H,14-15,17-18H2,1-2H3,(H,32,35)/t26-/m1/s1. The summed E-state index contributed by atoms with van der Waals surface area (Å²) < 4.78 is 0.947. The predicted octanol–water partition coefficient (Wildman–Crippen LogP) is 6.71. The summed E-state index contributed by atoms with van der Waals surface area (Å²) in [5.41, 5.74) is 2.58. The zero-order chi connectivity index (χ0) is 25.4. The van der Waals surface area contributed by atoms with Crippen LogP contribution in [0.4, 0.5) is 0 Å². The molecule has 0 aliphatic carbocycles. The van der Waals surface area contributed by atoms with Crippen molar-refractivity contribution in [3.63, 3.8) is 0 Å². The molecule has 0 radical (unpaired) electrons. The van der Waals surface area contributed by atoms with Crippen molar-refractivity contribution in [1.82, 2.24) is 10.2 Å². The highest BCUT2D eigenvalue weighted by Crippen LogP contribution is 2.24. The van der Waals surface area contributed by atoms with Crippen LogP contribution in [0.2, 0.25) is 10.0 Å². The normalized spacial score (nSPS) is 11.8. The molecule has 0 saturated carbocycles. The van der Waals surface area contributed by atoms with E-state index in [0.717, 1.165) is 15.6 Å². The summed E-state index contributed by atoms with van der Waals surface area (Å²) in [7, 11) is 0. The number of nitrogens with one attached hydrogen (secondary N) is 1. The van der Waals surface area contributed by atoms with E-state index >= 15 is 0 Å². The number of carbonyl (C=O) groups excluding carboxylic acids is 2. The lowest BCUT2D eigenvalue weighted by Crippen LogP contribution is -2.51. The van der Waals surface area contributed by atoms with E-state index in [1.54, 1.807) is 23.1 Å². The number of amides is 2. The predicted molar refractivity (Wildman–Crippen MR) is 147 cm³/mol. The van der Waals surface area contributed by atoms with Gasteiger partial charge in [0, 0.05) is 34.0 Å². The highest BCUT2D eigenvalue weighted by Gasteiger charge is 2.30. The molecular weight excluding hydrogens is 547 g/mol. The molecule has 3 aromatic carbocycles. The Morgan fingerprint density at radius 2 is 1.63 bits per heavy atom. The third-order valence-electron chi connectivity index (χ3n) is 5.58. The molecule has 3 rings (SSSR count). The summed E-state index contributed by atoms with van der Waals surface area (Å²) in [6.45, 7) is 4.91. The Bertz CT molecular complexity index is 1140. The van der Waals surface area contributed by atoms with E-state index in [9.17, 15) is 9.59 Å². The quantitative estimate of drug-likeness (QED) is 0.292. The van der Waals surface area contributed by atoms with Crippen LogP contribution in [0.25, 0.3) is 0 Å². The number of benzene rings is 3. The fourth-order valence-electron chi connectivity index (χ4n) is 3.69. The van der Waals surface area contributed by atoms with Crippen molar-refractivity contribution >= 4 is 50.9 Å². The lowest BCUT2D eigenvalue weighted by molar-refractivity contribution is -0.140. The topological polar surface area (TPSA) is 49.4 Å². The van der Waals surface area contributed by atoms with Gasteiger partial charge in [0.05, 0.1) is 6.42 Å². The maximum Gasteiger partial charge on any atom is 0.243 e. The third kappa shape index (κ3) is 8.38. The van der Waals surface area contributed by atoms with E-state index in [2.05, 4.69) is 21.2 Å². The maximum atomic E-state index is 13.7. The second kappa shape index (κ2) is 13.1. The van der Waals surface area contributed by atoms with Crippen LogP contribution in [0.15, 0.2) is 77.3 Å². The molecule has 7 heteroatoms. The van der Waals surface area contributed by atoms with Gasteiger partial charge in [0.1, 0.15) is 6.04 Å². The van der Waals surface area contributed by atoms with Crippen molar-refractivity contribution in [1.29, 1.82) is 0 Å². The number of hydrogen-bond donors (Lipinski definition) is 1. The van der Waals surface area contributed by atoms with Crippen LogP contribution < -0.4 is 5.32 Å². The van der Waals surface area contributed by atoms with Gasteiger partial charge in [-0.15, -0.1) is 0 Å². The molecule has 3 aromatic rings. The molecule has 0 heterocycles. The third-order valence-corrected chi connectivity index (χ3v) is 6.69. The Morgan fingerprint density at radius 3 is 2.26 bits per heavy atom. The number of nitrogens with zero attached hydrogens (tertiary/aromatic N) is 1. The van der Waals surface area contributed by atoms with Gasteiger partial charge in [0.15, 0.2) is 0 Å². The zero-order valence-corrected chi connectivity index (χ0v) is 22.9. The van der Waals surface area contributed by atoms with Gasteiger partial charge in [0.2, 0.25) is 11.8 Å². The van der Waals surface area contributed by atoms with E-state index in [0.29, 0.717) is 41.0 Å². The number of rotatable bonds is 10. The fourth-order valence-corrected chi connectivity index (χ4v) is 4.43. The first kappa shape index (κ1) is 27.3. The van der Waals surface area contributed by atoms with E-state index in [-0.39, 0.29) is 18.2 Å². The van der Waals surface area contributed by atoms with Crippen molar-refractivity contribution in [3.05, 3.63) is 104 Å². The smallest absolute Gasteiger partial charge is 0.243 e. The molecule has 1 atom stereocenters. The summed E-state index contributed by atoms with van der Waals surface area (Å²) >= 11 is 15.9. The van der Waals surface area contributed by atoms with Crippen LogP contribution in [-0.4, -0.2) is 29.3 Å². The fraction of sp³-hybridized carbons (Fsp3) is 0.286. The number of carbonyl (C=O) groups is 2. The molecule has 0 fully saturated rings. The molecule has 2 amide bonds. The van der Waals surface area contributed by atoms with Crippen molar-refractivity contribution in [2.75, 3.05) is 6.54 Å². The Hall–Kier alpha value is -2.34. The molecular formula is C28H29BrCl2N2O2. The Kier molecular flexibility index (Phi) is 10.2. The minimum absolute atomic E-state index is 0.0648. The van der Waals surface area contributed by atoms with Crippen LogP contribution in [0.1, 0.15) is 30.5 Å². The lowest BCUT2D eigenvalue weighted by atomic mass is 10.0. The first-order valence-electron chi connectivity index (χ1n) is 11.5. The monoisotopic (exact) mass is 574 g/mol. The van der Waals surface area contributed by atoms with Gasteiger partial charge in [0.25, 0.3) is 0 Å². The number of halogens is 3. The Labute approximate surface area is 225 Å². The highest BCUT2D eigenvalue weighted by molar-refractivity contribution is 9.10. The molecule has 0 aliphatic heterocycles. The van der Waals surface area contributed by atoms with E-state index in [1.165, 1.54) is 0 Å². The molecule has 184 valence electrons. The van der Waals surface area contributed by atoms with Crippen molar-refractivity contribution in [3.8, 4) is 0 Å². The van der Waals surface area contributed by atoms with Gasteiger partial charge in [-0.1, -0.05) is 102 Å². The molecule has 35 heavy (non-hydrogen) atoms. The summed E-state index contributed by atoms with van der Waals surface area (Å²) in [5.74, 6) is -0.0622. The van der Waals surface area contributed by atoms with E-state index in [1.807, 2.05) is 68.4 Å². The van der Waals surface area contributed by atoms with Gasteiger partial charge in [-0.3, -0.25) is 9.59 Å². The molecule has 1 N–H and O–H groups in total. The van der Waals surface area contributed by atoms with Gasteiger partial charge >= 0.3 is 0 Å². The highest BCUT2D eigenvalue weighted by atomic mass is 79.9. The summed E-state index contributed by atoms with van der Waals surface area (Å²) in [4.78, 5) is 28.9. The molecule has 0 aliphatic rings. The molecule has 0 aromatic heterocycles. The second-order valence-electron chi connectivity index (χ2n) is 8.91.